The van der Waals surface area contributed by atoms with E-state index in [1.807, 2.05) is 0 Å². The molecule has 150 valence electrons. The highest BCUT2D eigenvalue weighted by atomic mass is 16.6. The maximum absolute atomic E-state index is 11.8. The molecule has 2 N–H and O–H groups in total. The van der Waals surface area contributed by atoms with Crippen LogP contribution in [0.15, 0.2) is 42.5 Å². The Labute approximate surface area is 164 Å². The van der Waals surface area contributed by atoms with Gasteiger partial charge in [-0.2, -0.15) is 0 Å². The Morgan fingerprint density at radius 1 is 0.828 bits per heavy atom. The summed E-state index contributed by atoms with van der Waals surface area (Å²) in [5.74, 6) is -2.93. The minimum absolute atomic E-state index is 0.0774. The molecule has 1 atom stereocenters. The molecule has 2 bridgehead atoms. The third-order valence-corrected chi connectivity index (χ3v) is 4.12. The Bertz CT molecular complexity index is 925. The highest BCUT2D eigenvalue weighted by Gasteiger charge is 2.31. The molecule has 3 aliphatic heterocycles. The van der Waals surface area contributed by atoms with Crippen LogP contribution in [0.25, 0.3) is 0 Å². The first-order valence-corrected chi connectivity index (χ1v) is 8.53. The topological polar surface area (TPSA) is 140 Å². The van der Waals surface area contributed by atoms with E-state index in [9.17, 15) is 19.2 Å². The van der Waals surface area contributed by atoms with Crippen molar-refractivity contribution in [3.8, 4) is 0 Å². The minimum Gasteiger partial charge on any atom is -0.478 e. The molecular weight excluding hydrogens is 384 g/mol. The van der Waals surface area contributed by atoms with Gasteiger partial charge in [0, 0.05) is 0 Å². The lowest BCUT2D eigenvalue weighted by Crippen LogP contribution is -2.18. The Balaban J connectivity index is 0.000000177. The second-order valence-corrected chi connectivity index (χ2v) is 6.08. The number of hydrogen-bond acceptors (Lipinski definition) is 7. The molecule has 9 heteroatoms. The summed E-state index contributed by atoms with van der Waals surface area (Å²) in [4.78, 5) is 44.0. The molecule has 2 aromatic rings. The fraction of sp³-hybridized carbons (Fsp3) is 0.200. The van der Waals surface area contributed by atoms with Crippen molar-refractivity contribution in [2.45, 2.75) is 6.10 Å². The first-order chi connectivity index (χ1) is 13.9. The van der Waals surface area contributed by atoms with Crippen molar-refractivity contribution in [2.75, 3.05) is 19.8 Å². The summed E-state index contributed by atoms with van der Waals surface area (Å²) in [5.41, 5.74) is 1.77. The first kappa shape index (κ1) is 20.0. The summed E-state index contributed by atoms with van der Waals surface area (Å²) >= 11 is 0. The molecular formula is C20H16O9. The van der Waals surface area contributed by atoms with E-state index in [0.29, 0.717) is 23.3 Å². The number of carbonyl (C=O) groups excluding carboxylic acids is 2. The standard InChI is InChI=1S/C12H10O5.C8H6O4/c13-11-7-1-2-8(9(5-7)10-6-17-10)12(14)16-4-3-15-11;9-7(10)5-1-2-6(4-3-5)8(11)12/h1-2,5,10H,3-4,6H2;1-4H,(H,9,10)(H,11,12). The number of ether oxygens (including phenoxy) is 3. The molecule has 5 rings (SSSR count). The van der Waals surface area contributed by atoms with E-state index in [-0.39, 0.29) is 30.4 Å². The van der Waals surface area contributed by atoms with Crippen molar-refractivity contribution in [3.05, 3.63) is 70.3 Å². The number of aromatic carboxylic acids is 2. The van der Waals surface area contributed by atoms with Gasteiger partial charge in [0.25, 0.3) is 0 Å². The Kier molecular flexibility index (Phi) is 5.89. The van der Waals surface area contributed by atoms with Gasteiger partial charge in [-0.05, 0) is 48.0 Å². The first-order valence-electron chi connectivity index (χ1n) is 8.53. The number of carboxylic acids is 2. The van der Waals surface area contributed by atoms with Gasteiger partial charge in [0.05, 0.1) is 28.9 Å². The largest absolute Gasteiger partial charge is 0.478 e. The maximum Gasteiger partial charge on any atom is 0.338 e. The van der Waals surface area contributed by atoms with Crippen LogP contribution in [0, 0.1) is 0 Å². The molecule has 1 unspecified atom stereocenters. The zero-order valence-electron chi connectivity index (χ0n) is 15.0. The van der Waals surface area contributed by atoms with Crippen LogP contribution in [-0.2, 0) is 14.2 Å². The van der Waals surface area contributed by atoms with E-state index in [1.165, 1.54) is 24.3 Å². The molecule has 29 heavy (non-hydrogen) atoms. The van der Waals surface area contributed by atoms with Gasteiger partial charge in [0.1, 0.15) is 19.3 Å². The quantitative estimate of drug-likeness (QED) is 0.586. The summed E-state index contributed by atoms with van der Waals surface area (Å²) in [7, 11) is 0. The average Bonchev–Trinajstić information content (AvgIpc) is 3.56. The number of rotatable bonds is 3. The molecule has 9 nitrogen and oxygen atoms in total. The summed E-state index contributed by atoms with van der Waals surface area (Å²) in [6.45, 7) is 0.727. The fourth-order valence-electron chi connectivity index (χ4n) is 2.55. The third kappa shape index (κ3) is 4.96. The number of fused-ring (bicyclic) bond motifs is 7. The van der Waals surface area contributed by atoms with E-state index in [2.05, 4.69) is 0 Å². The van der Waals surface area contributed by atoms with E-state index in [4.69, 9.17) is 24.4 Å². The smallest absolute Gasteiger partial charge is 0.338 e. The van der Waals surface area contributed by atoms with Gasteiger partial charge in [0.2, 0.25) is 0 Å². The van der Waals surface area contributed by atoms with Gasteiger partial charge in [-0.3, -0.25) is 0 Å². The highest BCUT2D eigenvalue weighted by Crippen LogP contribution is 2.33. The van der Waals surface area contributed by atoms with E-state index >= 15 is 0 Å². The Morgan fingerprint density at radius 3 is 1.83 bits per heavy atom. The van der Waals surface area contributed by atoms with Gasteiger partial charge >= 0.3 is 23.9 Å². The van der Waals surface area contributed by atoms with Crippen molar-refractivity contribution < 1.29 is 43.6 Å². The van der Waals surface area contributed by atoms with E-state index in [0.717, 1.165) is 0 Å². The highest BCUT2D eigenvalue weighted by molar-refractivity contribution is 5.95. The average molecular weight is 400 g/mol. The van der Waals surface area contributed by atoms with Gasteiger partial charge in [-0.25, -0.2) is 19.2 Å². The monoisotopic (exact) mass is 400 g/mol. The number of esters is 2. The molecule has 0 radical (unpaired) electrons. The van der Waals surface area contributed by atoms with Crippen molar-refractivity contribution in [3.63, 3.8) is 0 Å². The van der Waals surface area contributed by atoms with Crippen LogP contribution in [0.5, 0.6) is 0 Å². The lowest BCUT2D eigenvalue weighted by atomic mass is 10.0. The lowest BCUT2D eigenvalue weighted by Gasteiger charge is -2.13. The van der Waals surface area contributed by atoms with E-state index < -0.39 is 23.9 Å². The number of carbonyl (C=O) groups is 4. The number of carboxylic acid groups (broad SMARTS) is 2. The normalized spacial score (nSPS) is 17.3. The molecule has 0 spiro atoms. The van der Waals surface area contributed by atoms with E-state index in [1.54, 1.807) is 18.2 Å². The van der Waals surface area contributed by atoms with Gasteiger partial charge in [-0.1, -0.05) is 0 Å². The predicted molar refractivity (Wildman–Crippen MR) is 96.1 cm³/mol. The fourth-order valence-corrected chi connectivity index (χ4v) is 2.55. The molecule has 0 aliphatic carbocycles. The molecule has 0 amide bonds. The van der Waals surface area contributed by atoms with Crippen molar-refractivity contribution in [2.24, 2.45) is 0 Å². The van der Waals surface area contributed by atoms with Crippen LogP contribution in [-0.4, -0.2) is 53.9 Å². The SMILES string of the molecule is O=C(O)c1ccc(C(=O)O)cc1.O=C1OCCOC(=O)c2ccc1cc2C1CO1. The van der Waals surface area contributed by atoms with Gasteiger partial charge in [0.15, 0.2) is 0 Å². The number of hydrogen-bond donors (Lipinski definition) is 2. The molecule has 3 heterocycles. The Hall–Kier alpha value is -3.72. The van der Waals surface area contributed by atoms with Crippen LogP contribution in [0.3, 0.4) is 0 Å². The van der Waals surface area contributed by atoms with Crippen LogP contribution >= 0.6 is 0 Å². The lowest BCUT2D eigenvalue weighted by molar-refractivity contribution is 0.0258. The molecule has 2 aromatic carbocycles. The second-order valence-electron chi connectivity index (χ2n) is 6.08. The second kappa shape index (κ2) is 8.53. The van der Waals surface area contributed by atoms with Crippen molar-refractivity contribution in [1.29, 1.82) is 0 Å². The summed E-state index contributed by atoms with van der Waals surface area (Å²) in [5, 5.41) is 16.9. The summed E-state index contributed by atoms with van der Waals surface area (Å²) in [6.07, 6.45) is -0.107. The maximum atomic E-state index is 11.8. The zero-order chi connectivity index (χ0) is 21.0. The number of epoxide rings is 1. The number of benzene rings is 2. The predicted octanol–water partition coefficient (Wildman–Crippen LogP) is 2.17. The van der Waals surface area contributed by atoms with Gasteiger partial charge < -0.3 is 24.4 Å². The van der Waals surface area contributed by atoms with Crippen LogP contribution in [0.4, 0.5) is 0 Å². The zero-order valence-corrected chi connectivity index (χ0v) is 15.0. The minimum atomic E-state index is -1.06. The van der Waals surface area contributed by atoms with Crippen LogP contribution in [0.2, 0.25) is 0 Å². The molecule has 0 saturated carbocycles. The summed E-state index contributed by atoms with van der Waals surface area (Å²) in [6, 6.07) is 9.81. The van der Waals surface area contributed by atoms with Crippen molar-refractivity contribution in [1.82, 2.24) is 0 Å². The van der Waals surface area contributed by atoms with Crippen LogP contribution < -0.4 is 0 Å². The molecule has 3 aliphatic rings. The van der Waals surface area contributed by atoms with Gasteiger partial charge in [-0.15, -0.1) is 0 Å². The van der Waals surface area contributed by atoms with Crippen LogP contribution in [0.1, 0.15) is 53.1 Å². The molecule has 0 aromatic heterocycles. The molecule has 1 saturated heterocycles. The summed E-state index contributed by atoms with van der Waals surface area (Å²) < 4.78 is 15.1. The van der Waals surface area contributed by atoms with Crippen molar-refractivity contribution >= 4 is 23.9 Å². The third-order valence-electron chi connectivity index (χ3n) is 4.12. The molecule has 1 fully saturated rings. The Morgan fingerprint density at radius 2 is 1.34 bits per heavy atom.